The zero-order valence-corrected chi connectivity index (χ0v) is 11.3. The van der Waals surface area contributed by atoms with Gasteiger partial charge in [0.15, 0.2) is 17.3 Å². The maximum atomic E-state index is 9.70. The molecule has 0 bridgehead atoms. The number of aromatic hydroxyl groups is 1. The molecule has 1 heterocycles. The van der Waals surface area contributed by atoms with Gasteiger partial charge in [-0.1, -0.05) is 23.2 Å². The van der Waals surface area contributed by atoms with Crippen molar-refractivity contribution >= 4 is 41.1 Å². The fourth-order valence-electron chi connectivity index (χ4n) is 1.26. The SMILES string of the molecule is N/C(=N/N=C/c1cc(Cl)cc(Cl)c1O)c1nonc1N. The van der Waals surface area contributed by atoms with Crippen LogP contribution in [0.4, 0.5) is 5.82 Å². The molecule has 0 fully saturated rings. The number of halogens is 2. The minimum absolute atomic E-state index is 0.00454. The van der Waals surface area contributed by atoms with Gasteiger partial charge in [0.05, 0.1) is 11.2 Å². The first-order valence-corrected chi connectivity index (χ1v) is 5.87. The van der Waals surface area contributed by atoms with E-state index in [-0.39, 0.29) is 33.7 Å². The maximum Gasteiger partial charge on any atom is 0.199 e. The second kappa shape index (κ2) is 5.76. The van der Waals surface area contributed by atoms with Gasteiger partial charge < -0.3 is 16.6 Å². The van der Waals surface area contributed by atoms with Crippen molar-refractivity contribution in [3.63, 3.8) is 0 Å². The topological polar surface area (TPSA) is 136 Å². The fraction of sp³-hybridized carbons (Fsp3) is 0. The van der Waals surface area contributed by atoms with E-state index in [9.17, 15) is 5.11 Å². The molecule has 20 heavy (non-hydrogen) atoms. The Bertz CT molecular complexity index is 697. The number of nitrogens with two attached hydrogens (primary N) is 2. The van der Waals surface area contributed by atoms with E-state index in [1.165, 1.54) is 18.3 Å². The number of nitrogens with zero attached hydrogens (tertiary/aromatic N) is 4. The van der Waals surface area contributed by atoms with Gasteiger partial charge >= 0.3 is 0 Å². The first kappa shape index (κ1) is 14.1. The van der Waals surface area contributed by atoms with E-state index >= 15 is 0 Å². The average Bonchev–Trinajstić information content (AvgIpc) is 2.81. The van der Waals surface area contributed by atoms with Crippen LogP contribution < -0.4 is 11.5 Å². The van der Waals surface area contributed by atoms with Crippen molar-refractivity contribution in [1.82, 2.24) is 10.3 Å². The Labute approximate surface area is 122 Å². The molecule has 1 aromatic carbocycles. The lowest BCUT2D eigenvalue weighted by Gasteiger charge is -2.01. The number of hydrogen-bond acceptors (Lipinski definition) is 7. The number of aromatic nitrogens is 2. The molecule has 2 rings (SSSR count). The van der Waals surface area contributed by atoms with E-state index in [0.717, 1.165) is 0 Å². The van der Waals surface area contributed by atoms with E-state index in [1.807, 2.05) is 0 Å². The van der Waals surface area contributed by atoms with Gasteiger partial charge in [0.1, 0.15) is 5.75 Å². The molecule has 0 unspecified atom stereocenters. The summed E-state index contributed by atoms with van der Waals surface area (Å²) in [6.45, 7) is 0. The number of hydrogen-bond donors (Lipinski definition) is 3. The fourth-order valence-corrected chi connectivity index (χ4v) is 1.77. The number of rotatable bonds is 3. The number of anilines is 1. The first-order chi connectivity index (χ1) is 9.49. The Morgan fingerprint density at radius 2 is 2.10 bits per heavy atom. The van der Waals surface area contributed by atoms with Crippen molar-refractivity contribution in [2.75, 3.05) is 5.73 Å². The van der Waals surface area contributed by atoms with Gasteiger partial charge in [0.2, 0.25) is 0 Å². The van der Waals surface area contributed by atoms with Gasteiger partial charge in [-0.2, -0.15) is 5.10 Å². The molecule has 10 heteroatoms. The van der Waals surface area contributed by atoms with Crippen LogP contribution in [0.5, 0.6) is 5.75 Å². The maximum absolute atomic E-state index is 9.70. The summed E-state index contributed by atoms with van der Waals surface area (Å²) >= 11 is 11.6. The van der Waals surface area contributed by atoms with Gasteiger partial charge in [-0.3, -0.25) is 0 Å². The summed E-state index contributed by atoms with van der Waals surface area (Å²) in [6.07, 6.45) is 1.23. The largest absolute Gasteiger partial charge is 0.506 e. The van der Waals surface area contributed by atoms with E-state index < -0.39 is 0 Å². The number of benzene rings is 1. The summed E-state index contributed by atoms with van der Waals surface area (Å²) in [6, 6.07) is 2.86. The van der Waals surface area contributed by atoms with Crippen LogP contribution in [0, 0.1) is 0 Å². The molecule has 0 radical (unpaired) electrons. The van der Waals surface area contributed by atoms with Gasteiger partial charge in [-0.05, 0) is 22.4 Å². The quantitative estimate of drug-likeness (QED) is 0.445. The van der Waals surface area contributed by atoms with Crippen molar-refractivity contribution in [3.8, 4) is 5.75 Å². The second-order valence-corrected chi connectivity index (χ2v) is 4.40. The third-order valence-corrected chi connectivity index (χ3v) is 2.68. The minimum Gasteiger partial charge on any atom is -0.506 e. The third kappa shape index (κ3) is 2.98. The molecule has 0 aliphatic rings. The van der Waals surface area contributed by atoms with Crippen LogP contribution in [0.15, 0.2) is 27.0 Å². The normalized spacial score (nSPS) is 12.2. The van der Waals surface area contributed by atoms with Gasteiger partial charge in [-0.25, -0.2) is 4.63 Å². The minimum atomic E-state index is -0.170. The Balaban J connectivity index is 2.25. The van der Waals surface area contributed by atoms with Crippen molar-refractivity contribution in [2.45, 2.75) is 0 Å². The van der Waals surface area contributed by atoms with Crippen LogP contribution in [0.3, 0.4) is 0 Å². The lowest BCUT2D eigenvalue weighted by atomic mass is 10.2. The smallest absolute Gasteiger partial charge is 0.199 e. The predicted octanol–water partition coefficient (Wildman–Crippen LogP) is 1.40. The molecule has 104 valence electrons. The Hall–Kier alpha value is -2.32. The molecular weight excluding hydrogens is 307 g/mol. The summed E-state index contributed by atoms with van der Waals surface area (Å²) in [5.41, 5.74) is 11.4. The zero-order valence-electron chi connectivity index (χ0n) is 9.79. The summed E-state index contributed by atoms with van der Waals surface area (Å²) in [5.74, 6) is -0.265. The molecule has 8 nitrogen and oxygen atoms in total. The van der Waals surface area contributed by atoms with Gasteiger partial charge in [-0.15, -0.1) is 5.10 Å². The highest BCUT2D eigenvalue weighted by molar-refractivity contribution is 6.36. The standard InChI is InChI=1S/C10H8Cl2N6O2/c11-5-1-4(8(19)6(12)2-5)3-15-16-9(13)7-10(14)18-20-17-7/h1-3,19H,(H2,13,16)(H2,14,18)/b15-3+. The lowest BCUT2D eigenvalue weighted by Crippen LogP contribution is -2.15. The Morgan fingerprint density at radius 3 is 2.75 bits per heavy atom. The number of amidine groups is 1. The van der Waals surface area contributed by atoms with E-state index in [2.05, 4.69) is 25.1 Å². The van der Waals surface area contributed by atoms with Crippen molar-refractivity contribution in [1.29, 1.82) is 0 Å². The van der Waals surface area contributed by atoms with E-state index in [0.29, 0.717) is 5.02 Å². The van der Waals surface area contributed by atoms with Crippen LogP contribution in [-0.2, 0) is 0 Å². The van der Waals surface area contributed by atoms with Crippen LogP contribution in [-0.4, -0.2) is 27.5 Å². The number of phenols is 1. The highest BCUT2D eigenvalue weighted by atomic mass is 35.5. The summed E-state index contributed by atoms with van der Waals surface area (Å²) < 4.78 is 4.37. The molecule has 0 aliphatic carbocycles. The van der Waals surface area contributed by atoms with E-state index in [1.54, 1.807) is 0 Å². The molecule has 0 atom stereocenters. The zero-order chi connectivity index (χ0) is 14.7. The molecule has 5 N–H and O–H groups in total. The lowest BCUT2D eigenvalue weighted by molar-refractivity contribution is 0.308. The van der Waals surface area contributed by atoms with Crippen LogP contribution in [0.25, 0.3) is 0 Å². The van der Waals surface area contributed by atoms with Crippen molar-refractivity contribution in [3.05, 3.63) is 33.4 Å². The molecule has 0 aliphatic heterocycles. The molecule has 0 saturated heterocycles. The molecule has 0 saturated carbocycles. The summed E-state index contributed by atoms with van der Waals surface area (Å²) in [4.78, 5) is 0. The predicted molar refractivity (Wildman–Crippen MR) is 75.2 cm³/mol. The Kier molecular flexibility index (Phi) is 4.06. The van der Waals surface area contributed by atoms with Gasteiger partial charge in [0, 0.05) is 10.6 Å². The Morgan fingerprint density at radius 1 is 1.35 bits per heavy atom. The molecule has 0 amide bonds. The number of phenolic OH excluding ortho intramolecular Hbond substituents is 1. The highest BCUT2D eigenvalue weighted by Gasteiger charge is 2.10. The second-order valence-electron chi connectivity index (χ2n) is 3.55. The summed E-state index contributed by atoms with van der Waals surface area (Å²) in [7, 11) is 0. The highest BCUT2D eigenvalue weighted by Crippen LogP contribution is 2.29. The van der Waals surface area contributed by atoms with Crippen LogP contribution in [0.2, 0.25) is 10.0 Å². The molecule has 1 aromatic heterocycles. The van der Waals surface area contributed by atoms with Gasteiger partial charge in [0.25, 0.3) is 0 Å². The van der Waals surface area contributed by atoms with Crippen molar-refractivity contribution < 1.29 is 9.74 Å². The van der Waals surface area contributed by atoms with Crippen molar-refractivity contribution in [2.24, 2.45) is 15.9 Å². The summed E-state index contributed by atoms with van der Waals surface area (Å²) in [5, 5.41) is 24.3. The first-order valence-electron chi connectivity index (χ1n) is 5.12. The average molecular weight is 315 g/mol. The monoisotopic (exact) mass is 314 g/mol. The third-order valence-electron chi connectivity index (χ3n) is 2.18. The molecular formula is C10H8Cl2N6O2. The molecule has 0 spiro atoms. The number of nitrogen functional groups attached to an aromatic ring is 1. The van der Waals surface area contributed by atoms with Crippen LogP contribution >= 0.6 is 23.2 Å². The van der Waals surface area contributed by atoms with Crippen LogP contribution in [0.1, 0.15) is 11.3 Å². The van der Waals surface area contributed by atoms with E-state index in [4.69, 9.17) is 34.7 Å². The molecule has 2 aromatic rings.